The lowest BCUT2D eigenvalue weighted by Crippen LogP contribution is -2.32. The highest BCUT2D eigenvalue weighted by Gasteiger charge is 2.33. The Morgan fingerprint density at radius 1 is 1.20 bits per heavy atom. The summed E-state index contributed by atoms with van der Waals surface area (Å²) in [5, 5.41) is 27.3. The minimum Gasteiger partial charge on any atom is -0.395 e. The van der Waals surface area contributed by atoms with E-state index in [2.05, 4.69) is 32.7 Å². The number of halogens is 1. The molecule has 2 heterocycles. The first-order chi connectivity index (χ1) is 19.8. The number of para-hydroxylation sites is 1. The maximum absolute atomic E-state index is 13.4. The van der Waals surface area contributed by atoms with Gasteiger partial charge < -0.3 is 20.8 Å². The highest BCUT2D eigenvalue weighted by atomic mass is 35.5. The Labute approximate surface area is 245 Å². The number of nitrogens with zero attached hydrogens (tertiary/aromatic N) is 4. The lowest BCUT2D eigenvalue weighted by molar-refractivity contribution is 0.189. The summed E-state index contributed by atoms with van der Waals surface area (Å²) in [7, 11) is -2.33. The van der Waals surface area contributed by atoms with Crippen molar-refractivity contribution in [1.29, 1.82) is 0 Å². The third-order valence-electron chi connectivity index (χ3n) is 7.41. The van der Waals surface area contributed by atoms with Crippen molar-refractivity contribution in [2.24, 2.45) is 0 Å². The average Bonchev–Trinajstić information content (AvgIpc) is 3.31. The number of hydrogen-bond donors (Lipinski definition) is 4. The highest BCUT2D eigenvalue weighted by Crippen LogP contribution is 2.34. The van der Waals surface area contributed by atoms with E-state index in [1.807, 2.05) is 6.07 Å². The summed E-state index contributed by atoms with van der Waals surface area (Å²) in [6.45, 7) is 1.00. The van der Waals surface area contributed by atoms with E-state index in [1.165, 1.54) is 39.9 Å². The SMILES string of the molecule is CON(c1ccc2c(c1)CCCC(NCCO)C2)c1ncc(Cl)c(Nc2ccccc2S(=O)(=O)N2CC[C@@H](O)C2)n1. The zero-order valence-corrected chi connectivity index (χ0v) is 24.4. The van der Waals surface area contributed by atoms with Crippen LogP contribution in [0.3, 0.4) is 0 Å². The van der Waals surface area contributed by atoms with E-state index in [0.29, 0.717) is 24.7 Å². The van der Waals surface area contributed by atoms with Gasteiger partial charge in [-0.05, 0) is 67.5 Å². The maximum atomic E-state index is 13.4. The van der Waals surface area contributed by atoms with Crippen LogP contribution < -0.4 is 15.7 Å². The zero-order chi connectivity index (χ0) is 29.0. The highest BCUT2D eigenvalue weighted by molar-refractivity contribution is 7.89. The van der Waals surface area contributed by atoms with E-state index < -0.39 is 16.1 Å². The van der Waals surface area contributed by atoms with E-state index in [9.17, 15) is 18.6 Å². The first-order valence-corrected chi connectivity index (χ1v) is 15.5. The van der Waals surface area contributed by atoms with Gasteiger partial charge in [-0.1, -0.05) is 29.8 Å². The molecule has 41 heavy (non-hydrogen) atoms. The molecule has 3 aromatic rings. The normalized spacial score (nSPS) is 19.5. The van der Waals surface area contributed by atoms with Gasteiger partial charge in [0.05, 0.1) is 37.4 Å². The van der Waals surface area contributed by atoms with Gasteiger partial charge >= 0.3 is 0 Å². The van der Waals surface area contributed by atoms with Crippen molar-refractivity contribution in [3.05, 3.63) is 64.8 Å². The number of benzene rings is 2. The van der Waals surface area contributed by atoms with Gasteiger partial charge in [0, 0.05) is 25.7 Å². The lowest BCUT2D eigenvalue weighted by atomic mass is 10.0. The van der Waals surface area contributed by atoms with Crippen molar-refractivity contribution < 1.29 is 23.5 Å². The molecule has 2 aromatic carbocycles. The van der Waals surface area contributed by atoms with Gasteiger partial charge in [0.2, 0.25) is 10.0 Å². The molecule has 1 fully saturated rings. The summed E-state index contributed by atoms with van der Waals surface area (Å²) in [5.41, 5.74) is 3.52. The second kappa shape index (κ2) is 13.0. The number of sulfonamides is 1. The fourth-order valence-electron chi connectivity index (χ4n) is 5.36. The molecule has 220 valence electrons. The Bertz CT molecular complexity index is 1480. The van der Waals surface area contributed by atoms with Gasteiger partial charge in [-0.3, -0.25) is 4.84 Å². The number of anilines is 4. The number of aryl methyl sites for hydroxylation is 1. The van der Waals surface area contributed by atoms with Crippen LogP contribution in [0.2, 0.25) is 5.02 Å². The van der Waals surface area contributed by atoms with E-state index in [-0.39, 0.29) is 41.4 Å². The Hall–Kier alpha value is -2.84. The first kappa shape index (κ1) is 29.6. The molecule has 0 radical (unpaired) electrons. The molecule has 2 atom stereocenters. The van der Waals surface area contributed by atoms with Gasteiger partial charge in [0.1, 0.15) is 9.92 Å². The Balaban J connectivity index is 1.41. The molecule has 0 saturated carbocycles. The molecule has 0 amide bonds. The van der Waals surface area contributed by atoms with Crippen molar-refractivity contribution >= 4 is 44.8 Å². The summed E-state index contributed by atoms with van der Waals surface area (Å²) in [6.07, 6.45) is 5.01. The van der Waals surface area contributed by atoms with E-state index in [4.69, 9.17) is 16.4 Å². The molecule has 1 unspecified atom stereocenters. The predicted molar refractivity (Wildman–Crippen MR) is 157 cm³/mol. The van der Waals surface area contributed by atoms with Crippen LogP contribution in [0.4, 0.5) is 23.1 Å². The molecule has 4 N–H and O–H groups in total. The van der Waals surface area contributed by atoms with E-state index in [1.54, 1.807) is 18.2 Å². The third-order valence-corrected chi connectivity index (χ3v) is 9.61. The molecule has 13 heteroatoms. The fourth-order valence-corrected chi connectivity index (χ4v) is 7.13. The van der Waals surface area contributed by atoms with Crippen LogP contribution in [-0.4, -0.2) is 78.4 Å². The fraction of sp³-hybridized carbons (Fsp3) is 0.429. The van der Waals surface area contributed by atoms with Crippen molar-refractivity contribution in [2.45, 2.75) is 49.1 Å². The van der Waals surface area contributed by atoms with E-state index >= 15 is 0 Å². The second-order valence-electron chi connectivity index (χ2n) is 10.2. The Morgan fingerprint density at radius 3 is 2.78 bits per heavy atom. The number of nitrogens with one attached hydrogen (secondary N) is 2. The predicted octanol–water partition coefficient (Wildman–Crippen LogP) is 3.16. The number of aromatic nitrogens is 2. The summed E-state index contributed by atoms with van der Waals surface area (Å²) in [4.78, 5) is 14.7. The zero-order valence-electron chi connectivity index (χ0n) is 22.8. The van der Waals surface area contributed by atoms with Crippen LogP contribution in [0, 0.1) is 0 Å². The van der Waals surface area contributed by atoms with Crippen molar-refractivity contribution in [1.82, 2.24) is 19.6 Å². The topological polar surface area (TPSA) is 140 Å². The third kappa shape index (κ3) is 6.64. The quantitative estimate of drug-likeness (QED) is 0.202. The Morgan fingerprint density at radius 2 is 2.02 bits per heavy atom. The van der Waals surface area contributed by atoms with Crippen LogP contribution in [0.25, 0.3) is 0 Å². The standard InChI is InChI=1S/C28H35ClN6O5S/c1-40-35(22-10-9-20-15-21(30-12-14-36)6-4-5-19(20)16-22)28-31-17-24(29)27(33-28)32-25-7-2-3-8-26(25)41(38,39)34-13-11-23(37)18-34/h2-3,7-10,16-17,21,23,30,36-37H,4-6,11-15,18H2,1H3,(H,31,32,33)/t21?,23-/m1/s1. The summed E-state index contributed by atoms with van der Waals surface area (Å²) >= 11 is 6.45. The van der Waals surface area contributed by atoms with Crippen LogP contribution >= 0.6 is 11.6 Å². The number of β-amino-alcohol motifs (C(OH)–C–C–N with tert-alkyl or cyclic N) is 1. The minimum atomic E-state index is -3.86. The van der Waals surface area contributed by atoms with Crippen molar-refractivity contribution in [3.63, 3.8) is 0 Å². The Kier molecular flexibility index (Phi) is 9.39. The number of aliphatic hydroxyl groups excluding tert-OH is 2. The minimum absolute atomic E-state index is 0.0541. The van der Waals surface area contributed by atoms with Crippen LogP contribution in [0.1, 0.15) is 30.4 Å². The smallest absolute Gasteiger partial charge is 0.256 e. The van der Waals surface area contributed by atoms with Gasteiger partial charge in [-0.2, -0.15) is 14.4 Å². The molecule has 11 nitrogen and oxygen atoms in total. The maximum Gasteiger partial charge on any atom is 0.256 e. The van der Waals surface area contributed by atoms with Crippen molar-refractivity contribution in [3.8, 4) is 0 Å². The number of fused-ring (bicyclic) bond motifs is 1. The molecule has 5 rings (SSSR count). The summed E-state index contributed by atoms with van der Waals surface area (Å²) in [5.74, 6) is 0.439. The van der Waals surface area contributed by atoms with Gasteiger partial charge in [-0.15, -0.1) is 0 Å². The molecule has 0 bridgehead atoms. The second-order valence-corrected chi connectivity index (χ2v) is 12.5. The van der Waals surface area contributed by atoms with Crippen LogP contribution in [0.15, 0.2) is 53.6 Å². The summed E-state index contributed by atoms with van der Waals surface area (Å²) in [6, 6.07) is 13.0. The first-order valence-electron chi connectivity index (χ1n) is 13.7. The number of rotatable bonds is 10. The van der Waals surface area contributed by atoms with Gasteiger partial charge in [-0.25, -0.2) is 13.4 Å². The largest absolute Gasteiger partial charge is 0.395 e. The van der Waals surface area contributed by atoms with E-state index in [0.717, 1.165) is 31.4 Å². The molecular formula is C28H35ClN6O5S. The summed E-state index contributed by atoms with van der Waals surface area (Å²) < 4.78 is 28.0. The van der Waals surface area contributed by atoms with Gasteiger partial charge in [0.15, 0.2) is 5.82 Å². The molecule has 2 aliphatic rings. The molecule has 0 spiro atoms. The number of aliphatic hydroxyl groups is 2. The average molecular weight is 603 g/mol. The van der Waals surface area contributed by atoms with Crippen LogP contribution in [0.5, 0.6) is 0 Å². The van der Waals surface area contributed by atoms with Crippen LogP contribution in [-0.2, 0) is 27.7 Å². The lowest BCUT2D eigenvalue weighted by Gasteiger charge is -2.22. The van der Waals surface area contributed by atoms with Gasteiger partial charge in [0.25, 0.3) is 5.95 Å². The molecular weight excluding hydrogens is 568 g/mol. The molecule has 1 aromatic heterocycles. The molecule has 1 aliphatic heterocycles. The number of hydrogen-bond acceptors (Lipinski definition) is 10. The molecule has 1 aliphatic carbocycles. The molecule has 1 saturated heterocycles. The monoisotopic (exact) mass is 602 g/mol. The van der Waals surface area contributed by atoms with Crippen molar-refractivity contribution in [2.75, 3.05) is 43.7 Å².